The van der Waals surface area contributed by atoms with Crippen molar-refractivity contribution in [3.63, 3.8) is 0 Å². The number of phenolic OH excluding ortho intramolecular Hbond substituents is 1. The highest BCUT2D eigenvalue weighted by Crippen LogP contribution is 2.30. The van der Waals surface area contributed by atoms with Crippen LogP contribution in [0.3, 0.4) is 0 Å². The van der Waals surface area contributed by atoms with Gasteiger partial charge in [-0.05, 0) is 18.6 Å². The molecule has 13 heavy (non-hydrogen) atoms. The summed E-state index contributed by atoms with van der Waals surface area (Å²) in [6.07, 6.45) is 0.618. The first kappa shape index (κ1) is 10.3. The molecular weight excluding hydrogens is 193 g/mol. The quantitative estimate of drug-likeness (QED) is 0.776. The van der Waals surface area contributed by atoms with Crippen LogP contribution in [-0.2, 0) is 0 Å². The zero-order chi connectivity index (χ0) is 10.0. The molecule has 0 aromatic heterocycles. The van der Waals surface area contributed by atoms with Crippen molar-refractivity contribution in [2.75, 3.05) is 0 Å². The van der Waals surface area contributed by atoms with Gasteiger partial charge < -0.3 is 10.8 Å². The van der Waals surface area contributed by atoms with Gasteiger partial charge in [0.15, 0.2) is 11.6 Å². The lowest BCUT2D eigenvalue weighted by Crippen LogP contribution is -2.09. The lowest BCUT2D eigenvalue weighted by atomic mass is 10.0. The van der Waals surface area contributed by atoms with E-state index in [1.54, 1.807) is 0 Å². The molecule has 0 saturated carbocycles. The number of hydrogen-bond acceptors (Lipinski definition) is 2. The molecule has 4 heteroatoms. The molecule has 0 heterocycles. The van der Waals surface area contributed by atoms with Crippen molar-refractivity contribution >= 4 is 11.6 Å². The zero-order valence-electron chi connectivity index (χ0n) is 7.22. The molecule has 0 aliphatic heterocycles. The van der Waals surface area contributed by atoms with Crippen molar-refractivity contribution in [2.24, 2.45) is 5.73 Å². The molecule has 3 N–H and O–H groups in total. The smallest absolute Gasteiger partial charge is 0.166 e. The Morgan fingerprint density at radius 1 is 1.62 bits per heavy atom. The van der Waals surface area contributed by atoms with Gasteiger partial charge in [-0.1, -0.05) is 18.5 Å². The predicted molar refractivity (Wildman–Crippen MR) is 50.3 cm³/mol. The van der Waals surface area contributed by atoms with Gasteiger partial charge in [-0.25, -0.2) is 4.39 Å². The van der Waals surface area contributed by atoms with Crippen LogP contribution in [0, 0.1) is 5.82 Å². The molecule has 1 atom stereocenters. The maximum atomic E-state index is 12.9. The molecule has 0 aliphatic carbocycles. The molecule has 72 valence electrons. The first-order valence-electron chi connectivity index (χ1n) is 3.99. The van der Waals surface area contributed by atoms with Crippen molar-refractivity contribution in [3.05, 3.63) is 28.5 Å². The van der Waals surface area contributed by atoms with Gasteiger partial charge in [0, 0.05) is 16.6 Å². The van der Waals surface area contributed by atoms with Crippen LogP contribution in [-0.4, -0.2) is 5.11 Å². The maximum absolute atomic E-state index is 12.9. The van der Waals surface area contributed by atoms with Gasteiger partial charge in [-0.2, -0.15) is 0 Å². The highest BCUT2D eigenvalue weighted by atomic mass is 35.5. The molecule has 0 amide bonds. The highest BCUT2D eigenvalue weighted by Gasteiger charge is 2.13. The fourth-order valence-corrected chi connectivity index (χ4v) is 1.30. The number of halogens is 2. The Morgan fingerprint density at radius 2 is 2.23 bits per heavy atom. The van der Waals surface area contributed by atoms with E-state index in [0.29, 0.717) is 12.0 Å². The molecule has 1 aromatic rings. The van der Waals surface area contributed by atoms with Crippen LogP contribution in [0.15, 0.2) is 12.1 Å². The summed E-state index contributed by atoms with van der Waals surface area (Å²) in [5, 5.41) is 9.55. The summed E-state index contributed by atoms with van der Waals surface area (Å²) >= 11 is 5.62. The second-order valence-electron chi connectivity index (χ2n) is 2.84. The Labute approximate surface area is 81.1 Å². The number of nitrogens with two attached hydrogens (primary N) is 1. The fourth-order valence-electron chi connectivity index (χ4n) is 1.09. The van der Waals surface area contributed by atoms with Crippen LogP contribution < -0.4 is 5.73 Å². The summed E-state index contributed by atoms with van der Waals surface area (Å²) in [4.78, 5) is 0. The summed E-state index contributed by atoms with van der Waals surface area (Å²) in [7, 11) is 0. The van der Waals surface area contributed by atoms with E-state index in [4.69, 9.17) is 17.3 Å². The first-order valence-corrected chi connectivity index (χ1v) is 4.37. The van der Waals surface area contributed by atoms with Crippen molar-refractivity contribution in [3.8, 4) is 5.75 Å². The molecule has 0 aliphatic rings. The lowest BCUT2D eigenvalue weighted by molar-refractivity contribution is 0.419. The normalized spacial score (nSPS) is 12.9. The Balaban J connectivity index is 3.20. The largest absolute Gasteiger partial charge is 0.505 e. The number of aromatic hydroxyl groups is 1. The molecule has 0 saturated heterocycles. The molecule has 0 fully saturated rings. The van der Waals surface area contributed by atoms with Crippen LogP contribution in [0.2, 0.25) is 5.02 Å². The summed E-state index contributed by atoms with van der Waals surface area (Å²) in [6, 6.07) is 2.16. The van der Waals surface area contributed by atoms with Crippen molar-refractivity contribution in [2.45, 2.75) is 19.4 Å². The Bertz CT molecular complexity index is 317. The fraction of sp³-hybridized carbons (Fsp3) is 0.333. The van der Waals surface area contributed by atoms with Gasteiger partial charge in [-0.3, -0.25) is 0 Å². The highest BCUT2D eigenvalue weighted by molar-refractivity contribution is 6.30. The summed E-state index contributed by atoms with van der Waals surface area (Å²) in [5.74, 6) is -1.13. The van der Waals surface area contributed by atoms with Gasteiger partial charge in [0.05, 0.1) is 0 Å². The molecule has 2 nitrogen and oxygen atoms in total. The minimum atomic E-state index is -0.730. The van der Waals surface area contributed by atoms with Gasteiger partial charge in [-0.15, -0.1) is 0 Å². The van der Waals surface area contributed by atoms with Gasteiger partial charge in [0.2, 0.25) is 0 Å². The van der Waals surface area contributed by atoms with Crippen LogP contribution in [0.4, 0.5) is 4.39 Å². The average molecular weight is 204 g/mol. The molecular formula is C9H11ClFNO. The van der Waals surface area contributed by atoms with E-state index in [2.05, 4.69) is 0 Å². The Hall–Kier alpha value is -0.800. The molecule has 0 unspecified atom stereocenters. The second kappa shape index (κ2) is 3.94. The molecule has 0 spiro atoms. The Kier molecular flexibility index (Phi) is 3.12. The minimum Gasteiger partial charge on any atom is -0.505 e. The first-order chi connectivity index (χ1) is 6.06. The zero-order valence-corrected chi connectivity index (χ0v) is 7.98. The summed E-state index contributed by atoms with van der Waals surface area (Å²) in [5.41, 5.74) is 6.00. The maximum Gasteiger partial charge on any atom is 0.166 e. The lowest BCUT2D eigenvalue weighted by Gasteiger charge is -2.11. The van der Waals surface area contributed by atoms with E-state index in [1.807, 2.05) is 6.92 Å². The van der Waals surface area contributed by atoms with Gasteiger partial charge in [0.1, 0.15) is 0 Å². The van der Waals surface area contributed by atoms with Gasteiger partial charge >= 0.3 is 0 Å². The third-order valence-corrected chi connectivity index (χ3v) is 2.12. The number of rotatable bonds is 2. The molecule has 0 radical (unpaired) electrons. The van der Waals surface area contributed by atoms with E-state index in [9.17, 15) is 9.50 Å². The van der Waals surface area contributed by atoms with Crippen LogP contribution in [0.5, 0.6) is 5.75 Å². The van der Waals surface area contributed by atoms with Crippen molar-refractivity contribution < 1.29 is 9.50 Å². The van der Waals surface area contributed by atoms with E-state index in [-0.39, 0.29) is 11.1 Å². The Morgan fingerprint density at radius 3 is 2.77 bits per heavy atom. The SMILES string of the molecule is CC[C@H](N)c1cc(Cl)cc(F)c1O. The average Bonchev–Trinajstić information content (AvgIpc) is 2.10. The van der Waals surface area contributed by atoms with Crippen LogP contribution in [0.1, 0.15) is 24.9 Å². The van der Waals surface area contributed by atoms with E-state index in [1.165, 1.54) is 6.07 Å². The topological polar surface area (TPSA) is 46.2 Å². The standard InChI is InChI=1S/C9H11ClFNO/c1-2-8(12)6-3-5(10)4-7(11)9(6)13/h3-4,8,13H,2,12H2,1H3/t8-/m0/s1. The minimum absolute atomic E-state index is 0.245. The third-order valence-electron chi connectivity index (χ3n) is 1.90. The summed E-state index contributed by atoms with van der Waals surface area (Å²) in [6.45, 7) is 1.85. The molecule has 1 aromatic carbocycles. The predicted octanol–water partition coefficient (Wildman–Crippen LogP) is 2.59. The van der Waals surface area contributed by atoms with Crippen LogP contribution in [0.25, 0.3) is 0 Å². The molecule has 1 rings (SSSR count). The number of benzene rings is 1. The van der Waals surface area contributed by atoms with Crippen molar-refractivity contribution in [1.82, 2.24) is 0 Å². The summed E-state index contributed by atoms with van der Waals surface area (Å²) < 4.78 is 12.9. The number of hydrogen-bond donors (Lipinski definition) is 2. The monoisotopic (exact) mass is 203 g/mol. The second-order valence-corrected chi connectivity index (χ2v) is 3.28. The van der Waals surface area contributed by atoms with Gasteiger partial charge in [0.25, 0.3) is 0 Å². The van der Waals surface area contributed by atoms with Crippen LogP contribution >= 0.6 is 11.6 Å². The van der Waals surface area contributed by atoms with E-state index < -0.39 is 11.6 Å². The molecule has 0 bridgehead atoms. The van der Waals surface area contributed by atoms with Crippen molar-refractivity contribution in [1.29, 1.82) is 0 Å². The number of phenols is 1. The van der Waals surface area contributed by atoms with E-state index >= 15 is 0 Å². The van der Waals surface area contributed by atoms with E-state index in [0.717, 1.165) is 6.07 Å². The third kappa shape index (κ3) is 2.11.